The number of urea groups is 1. The smallest absolute Gasteiger partial charge is 0.326 e. The van der Waals surface area contributed by atoms with E-state index in [1.165, 1.54) is 0 Å². The van der Waals surface area contributed by atoms with E-state index in [9.17, 15) is 9.59 Å². The lowest BCUT2D eigenvalue weighted by molar-refractivity contribution is -0.131. The minimum atomic E-state index is -0.501. The van der Waals surface area contributed by atoms with Gasteiger partial charge in [0.25, 0.3) is 0 Å². The van der Waals surface area contributed by atoms with E-state index in [1.54, 1.807) is 21.8 Å². The molecule has 226 valence electrons. The Balaban J connectivity index is 1.64. The number of carbonyl (C=O) groups is 2. The summed E-state index contributed by atoms with van der Waals surface area (Å²) in [5.74, 6) is 1.52. The van der Waals surface area contributed by atoms with E-state index in [2.05, 4.69) is 0 Å². The first-order valence-corrected chi connectivity index (χ1v) is 15.0. The summed E-state index contributed by atoms with van der Waals surface area (Å²) in [6.07, 6.45) is -0.135. The van der Waals surface area contributed by atoms with Crippen LogP contribution in [0.2, 0.25) is 10.0 Å². The van der Waals surface area contributed by atoms with Crippen LogP contribution in [-0.4, -0.2) is 78.4 Å². The van der Waals surface area contributed by atoms with Crippen LogP contribution in [-0.2, 0) is 4.79 Å². The molecule has 2 heterocycles. The van der Waals surface area contributed by atoms with Crippen molar-refractivity contribution in [3.8, 4) is 11.5 Å². The Morgan fingerprint density at radius 1 is 0.907 bits per heavy atom. The second-order valence-corrected chi connectivity index (χ2v) is 11.6. The van der Waals surface area contributed by atoms with Crippen molar-refractivity contribution in [1.82, 2.24) is 14.7 Å². The van der Waals surface area contributed by atoms with Crippen LogP contribution in [0, 0.1) is 0 Å². The number of hydrogen-bond acceptors (Lipinski definition) is 6. The van der Waals surface area contributed by atoms with E-state index in [0.717, 1.165) is 11.1 Å². The molecule has 0 unspecified atom stereocenters. The zero-order valence-corrected chi connectivity index (χ0v) is 25.9. The number of amidine groups is 1. The Morgan fingerprint density at radius 2 is 1.49 bits per heavy atom. The van der Waals surface area contributed by atoms with Crippen LogP contribution in [0.1, 0.15) is 42.6 Å². The van der Waals surface area contributed by atoms with Gasteiger partial charge in [-0.3, -0.25) is 14.7 Å². The van der Waals surface area contributed by atoms with Gasteiger partial charge in [-0.25, -0.2) is 4.79 Å². The predicted molar refractivity (Wildman–Crippen MR) is 168 cm³/mol. The highest BCUT2D eigenvalue weighted by Crippen LogP contribution is 2.46. The number of aliphatic imine (C=N–C) groups is 1. The molecule has 1 saturated heterocycles. The van der Waals surface area contributed by atoms with Crippen molar-refractivity contribution in [2.45, 2.75) is 32.0 Å². The van der Waals surface area contributed by atoms with Gasteiger partial charge in [-0.1, -0.05) is 47.5 Å². The van der Waals surface area contributed by atoms with E-state index in [1.807, 2.05) is 80.6 Å². The summed E-state index contributed by atoms with van der Waals surface area (Å²) in [5, 5.41) is 1.20. The first-order chi connectivity index (χ1) is 20.7. The van der Waals surface area contributed by atoms with Gasteiger partial charge < -0.3 is 25.0 Å². The molecule has 9 nitrogen and oxygen atoms in total. The minimum absolute atomic E-state index is 0.0611. The molecule has 2 aliphatic heterocycles. The van der Waals surface area contributed by atoms with Crippen molar-refractivity contribution in [3.63, 3.8) is 0 Å². The monoisotopic (exact) mass is 623 g/mol. The van der Waals surface area contributed by atoms with Crippen LogP contribution < -0.4 is 15.2 Å². The van der Waals surface area contributed by atoms with Gasteiger partial charge >= 0.3 is 6.03 Å². The number of nitrogens with two attached hydrogens (primary N) is 1. The van der Waals surface area contributed by atoms with Crippen molar-refractivity contribution >= 4 is 41.0 Å². The Hall–Kier alpha value is -3.79. The molecule has 3 aromatic carbocycles. The molecule has 0 aromatic heterocycles. The standard InChI is InChI=1S/C32H35Cl2N5O4/c1-20(2)43-27-18-25(42-3)12-13-26(27)31-36-29(21-4-8-23(33)9-5-21)30(22-6-10-24(34)11-7-22)39(31)32(41)38-16-14-37(15-17-38)28(40)19-35/h4-13,18,20,29-30H,14-17,19,35H2,1-3H3/t29-,30+/m1/s1. The molecule has 5 rings (SSSR count). The first kappa shape index (κ1) is 30.7. The number of nitrogens with zero attached hydrogens (tertiary/aromatic N) is 4. The van der Waals surface area contributed by atoms with Gasteiger partial charge in [0.1, 0.15) is 23.4 Å². The highest BCUT2D eigenvalue weighted by Gasteiger charge is 2.45. The van der Waals surface area contributed by atoms with Crippen molar-refractivity contribution in [3.05, 3.63) is 93.5 Å². The number of halogens is 2. The van der Waals surface area contributed by atoms with Gasteiger partial charge in [0.15, 0.2) is 0 Å². The molecule has 3 aromatic rings. The van der Waals surface area contributed by atoms with Crippen LogP contribution in [0.25, 0.3) is 0 Å². The maximum absolute atomic E-state index is 14.6. The average molecular weight is 625 g/mol. The van der Waals surface area contributed by atoms with E-state index in [4.69, 9.17) is 43.4 Å². The number of piperazine rings is 1. The summed E-state index contributed by atoms with van der Waals surface area (Å²) in [5.41, 5.74) is 8.02. The number of amides is 3. The van der Waals surface area contributed by atoms with Gasteiger partial charge in [0, 0.05) is 42.3 Å². The van der Waals surface area contributed by atoms with Gasteiger partial charge in [-0.2, -0.15) is 0 Å². The molecule has 0 bridgehead atoms. The Morgan fingerprint density at radius 3 is 2.05 bits per heavy atom. The molecule has 1 fully saturated rings. The van der Waals surface area contributed by atoms with Gasteiger partial charge in [0.05, 0.1) is 31.4 Å². The number of benzene rings is 3. The summed E-state index contributed by atoms with van der Waals surface area (Å²) in [7, 11) is 1.60. The van der Waals surface area contributed by atoms with Crippen LogP contribution in [0.3, 0.4) is 0 Å². The topological polar surface area (TPSA) is 101 Å². The second kappa shape index (κ2) is 13.2. The molecule has 2 atom stereocenters. The van der Waals surface area contributed by atoms with Crippen LogP contribution in [0.4, 0.5) is 4.79 Å². The lowest BCUT2D eigenvalue weighted by atomic mass is 9.93. The lowest BCUT2D eigenvalue weighted by Gasteiger charge is -2.39. The molecule has 2 N–H and O–H groups in total. The van der Waals surface area contributed by atoms with Crippen LogP contribution >= 0.6 is 23.2 Å². The number of ether oxygens (including phenoxy) is 2. The third-order valence-corrected chi connectivity index (χ3v) is 8.07. The summed E-state index contributed by atoms with van der Waals surface area (Å²) < 4.78 is 11.7. The third kappa shape index (κ3) is 6.59. The maximum atomic E-state index is 14.6. The first-order valence-electron chi connectivity index (χ1n) is 14.2. The molecule has 3 amide bonds. The van der Waals surface area contributed by atoms with Crippen LogP contribution in [0.5, 0.6) is 11.5 Å². The van der Waals surface area contributed by atoms with E-state index in [-0.39, 0.29) is 24.6 Å². The quantitative estimate of drug-likeness (QED) is 0.371. The highest BCUT2D eigenvalue weighted by atomic mass is 35.5. The van der Waals surface area contributed by atoms with E-state index in [0.29, 0.717) is 59.1 Å². The molecular weight excluding hydrogens is 589 g/mol. The summed E-state index contributed by atoms with van der Waals surface area (Å²) in [6, 6.07) is 19.3. The fraction of sp³-hybridized carbons (Fsp3) is 0.344. The number of hydrogen-bond donors (Lipinski definition) is 1. The lowest BCUT2D eigenvalue weighted by Crippen LogP contribution is -2.55. The molecule has 11 heteroatoms. The third-order valence-electron chi connectivity index (χ3n) is 7.57. The van der Waals surface area contributed by atoms with Gasteiger partial charge in [0.2, 0.25) is 5.91 Å². The zero-order valence-electron chi connectivity index (χ0n) is 24.4. The van der Waals surface area contributed by atoms with Gasteiger partial charge in [-0.05, 0) is 61.4 Å². The van der Waals surface area contributed by atoms with Crippen molar-refractivity contribution in [1.29, 1.82) is 0 Å². The SMILES string of the molecule is COc1ccc(C2=N[C@H](c3ccc(Cl)cc3)[C@H](c3ccc(Cl)cc3)N2C(=O)N2CCN(C(=O)CN)CC2)c(OC(C)C)c1. The number of carbonyl (C=O) groups excluding carboxylic acids is 2. The molecule has 0 spiro atoms. The fourth-order valence-electron chi connectivity index (χ4n) is 5.45. The van der Waals surface area contributed by atoms with Crippen molar-refractivity contribution in [2.24, 2.45) is 10.7 Å². The summed E-state index contributed by atoms with van der Waals surface area (Å²) in [4.78, 5) is 37.3. The van der Waals surface area contributed by atoms with Crippen molar-refractivity contribution in [2.75, 3.05) is 39.8 Å². The number of rotatable bonds is 7. The maximum Gasteiger partial charge on any atom is 0.326 e. The van der Waals surface area contributed by atoms with E-state index < -0.39 is 12.1 Å². The highest BCUT2D eigenvalue weighted by molar-refractivity contribution is 6.30. The summed E-state index contributed by atoms with van der Waals surface area (Å²) in [6.45, 7) is 5.36. The normalized spacial score (nSPS) is 18.6. The zero-order chi connectivity index (χ0) is 30.7. The molecule has 0 aliphatic carbocycles. The van der Waals surface area contributed by atoms with Crippen LogP contribution in [0.15, 0.2) is 71.7 Å². The average Bonchev–Trinajstić information content (AvgIpc) is 3.41. The molecular formula is C32H35Cl2N5O4. The molecule has 43 heavy (non-hydrogen) atoms. The summed E-state index contributed by atoms with van der Waals surface area (Å²) >= 11 is 12.5. The minimum Gasteiger partial charge on any atom is -0.497 e. The predicted octanol–water partition coefficient (Wildman–Crippen LogP) is 5.56. The molecule has 0 radical (unpaired) electrons. The molecule has 2 aliphatic rings. The fourth-order valence-corrected chi connectivity index (χ4v) is 5.70. The van der Waals surface area contributed by atoms with Crippen molar-refractivity contribution < 1.29 is 19.1 Å². The Kier molecular flexibility index (Phi) is 9.44. The largest absolute Gasteiger partial charge is 0.497 e. The van der Waals surface area contributed by atoms with Gasteiger partial charge in [-0.15, -0.1) is 0 Å². The number of methoxy groups -OCH3 is 1. The second-order valence-electron chi connectivity index (χ2n) is 10.7. The van der Waals surface area contributed by atoms with E-state index >= 15 is 0 Å². The Labute approximate surface area is 261 Å². The molecule has 0 saturated carbocycles. The Bertz CT molecular complexity index is 1490.